The van der Waals surface area contributed by atoms with E-state index in [1.54, 1.807) is 33.8 Å². The zero-order chi connectivity index (χ0) is 41.9. The molecule has 15 atom stereocenters. The minimum absolute atomic E-state index is 0.0317. The number of hydrogen-bond acceptors (Lipinski definition) is 17. The van der Waals surface area contributed by atoms with Crippen LogP contribution < -0.4 is 0 Å². The van der Waals surface area contributed by atoms with E-state index in [0.29, 0.717) is 5.56 Å². The fourth-order valence-electron chi connectivity index (χ4n) is 13.7. The molecule has 4 bridgehead atoms. The van der Waals surface area contributed by atoms with Gasteiger partial charge in [-0.25, -0.2) is 4.79 Å². The van der Waals surface area contributed by atoms with Gasteiger partial charge in [0.15, 0.2) is 17.8 Å². The monoisotopic (exact) mass is 814 g/mol. The van der Waals surface area contributed by atoms with Gasteiger partial charge in [0.25, 0.3) is 5.97 Å². The van der Waals surface area contributed by atoms with Crippen LogP contribution in [0.1, 0.15) is 106 Å². The first-order valence-electron chi connectivity index (χ1n) is 20.0. The van der Waals surface area contributed by atoms with Gasteiger partial charge in [-0.3, -0.25) is 24.0 Å². The van der Waals surface area contributed by atoms with E-state index in [-0.39, 0.29) is 38.7 Å². The summed E-state index contributed by atoms with van der Waals surface area (Å²) in [5.74, 6) is -8.08. The van der Waals surface area contributed by atoms with E-state index in [4.69, 9.17) is 51.8 Å². The highest BCUT2D eigenvalue weighted by atomic mass is 16.9. The van der Waals surface area contributed by atoms with Crippen molar-refractivity contribution in [2.75, 3.05) is 13.7 Å². The van der Waals surface area contributed by atoms with Crippen LogP contribution in [-0.4, -0.2) is 102 Å². The van der Waals surface area contributed by atoms with Crippen molar-refractivity contribution in [3.8, 4) is 0 Å². The lowest BCUT2D eigenvalue weighted by atomic mass is 9.33. The van der Waals surface area contributed by atoms with Crippen molar-refractivity contribution in [1.82, 2.24) is 0 Å². The molecule has 0 N–H and O–H groups in total. The number of hydrogen-bond donors (Lipinski definition) is 0. The minimum atomic E-state index is -2.23. The van der Waals surface area contributed by atoms with E-state index in [0.717, 1.165) is 0 Å². The van der Waals surface area contributed by atoms with Crippen molar-refractivity contribution in [2.45, 2.75) is 152 Å². The molecule has 5 heterocycles. The number of carbonyl (C=O) groups is 6. The third-order valence-electron chi connectivity index (χ3n) is 15.7. The van der Waals surface area contributed by atoms with Crippen molar-refractivity contribution < 1.29 is 80.6 Å². The average Bonchev–Trinajstić information content (AvgIpc) is 3.49. The third kappa shape index (κ3) is 4.26. The summed E-state index contributed by atoms with van der Waals surface area (Å²) < 4.78 is 70.6. The van der Waals surface area contributed by atoms with Crippen LogP contribution >= 0.6 is 0 Å². The number of epoxide rings is 1. The smallest absolute Gasteiger partial charge is 0.341 e. The second-order valence-corrected chi connectivity index (χ2v) is 18.3. The molecule has 17 heteroatoms. The Morgan fingerprint density at radius 1 is 0.931 bits per heavy atom. The summed E-state index contributed by atoms with van der Waals surface area (Å²) >= 11 is 0. The van der Waals surface area contributed by atoms with Gasteiger partial charge in [0.2, 0.25) is 5.60 Å². The number of ether oxygens (including phenoxy) is 10. The quantitative estimate of drug-likeness (QED) is 0.188. The fourth-order valence-corrected chi connectivity index (χ4v) is 13.7. The first-order valence-corrected chi connectivity index (χ1v) is 20.0. The second-order valence-electron chi connectivity index (χ2n) is 18.3. The highest BCUT2D eigenvalue weighted by molar-refractivity contribution is 5.84. The molecule has 5 unspecified atom stereocenters. The van der Waals surface area contributed by atoms with Crippen LogP contribution in [0.25, 0.3) is 0 Å². The normalized spacial score (nSPS) is 48.8. The SMILES string of the molecule is CCC(=O)OC1C2(OC(C)=O)C(OC(=O)[C@@]3(C)O[C@@H]3C)[C@]3(C)CC24OC2(C)O[C@@]5(CC[C@](C)([C@H](OC(C)=O)c6ccoc6)[C@@H](CC(=O)OC)[C@]15O2)[C@@]41COC(=O)C[C@@H]31. The van der Waals surface area contributed by atoms with Gasteiger partial charge in [0, 0.05) is 55.9 Å². The number of fused-ring (bicyclic) bond motifs is 3. The largest absolute Gasteiger partial charge is 0.472 e. The molecule has 0 amide bonds. The predicted molar refractivity (Wildman–Crippen MR) is 188 cm³/mol. The molecule has 9 rings (SSSR count). The van der Waals surface area contributed by atoms with Crippen molar-refractivity contribution in [3.63, 3.8) is 0 Å². The number of cyclic esters (lactones) is 1. The van der Waals surface area contributed by atoms with Crippen LogP contribution in [0.15, 0.2) is 23.0 Å². The molecule has 1 aromatic rings. The number of rotatable bonds is 10. The average molecular weight is 815 g/mol. The van der Waals surface area contributed by atoms with Crippen LogP contribution in [0.3, 0.4) is 0 Å². The molecule has 4 saturated carbocycles. The van der Waals surface area contributed by atoms with Gasteiger partial charge in [-0.05, 0) is 45.1 Å². The number of furan rings is 1. The molecule has 17 nitrogen and oxygen atoms in total. The molecule has 1 aromatic heterocycles. The van der Waals surface area contributed by atoms with Gasteiger partial charge >= 0.3 is 35.8 Å². The van der Waals surface area contributed by atoms with Crippen LogP contribution in [0.4, 0.5) is 0 Å². The maximum absolute atomic E-state index is 14.4. The van der Waals surface area contributed by atoms with Crippen LogP contribution in [0.2, 0.25) is 0 Å². The van der Waals surface area contributed by atoms with Crippen LogP contribution in [0.5, 0.6) is 0 Å². The van der Waals surface area contributed by atoms with Crippen molar-refractivity contribution in [2.24, 2.45) is 28.1 Å². The molecule has 0 radical (unpaired) electrons. The summed E-state index contributed by atoms with van der Waals surface area (Å²) in [4.78, 5) is 83.1. The Balaban J connectivity index is 1.40. The second kappa shape index (κ2) is 11.8. The Bertz CT molecular complexity index is 2020. The highest BCUT2D eigenvalue weighted by Gasteiger charge is 3.06. The third-order valence-corrected chi connectivity index (χ3v) is 15.7. The van der Waals surface area contributed by atoms with E-state index in [1.165, 1.54) is 33.5 Å². The summed E-state index contributed by atoms with van der Waals surface area (Å²) in [6.07, 6.45) is -2.34. The van der Waals surface area contributed by atoms with E-state index >= 15 is 0 Å². The number of methoxy groups -OCH3 is 1. The number of carbonyl (C=O) groups excluding carboxylic acids is 6. The van der Waals surface area contributed by atoms with Crippen LogP contribution in [0, 0.1) is 28.1 Å². The molecule has 8 fully saturated rings. The zero-order valence-electron chi connectivity index (χ0n) is 34.1. The van der Waals surface area contributed by atoms with E-state index in [2.05, 4.69) is 0 Å². The molecule has 4 saturated heterocycles. The first kappa shape index (κ1) is 39.4. The Labute approximate surface area is 334 Å². The highest BCUT2D eigenvalue weighted by Crippen LogP contribution is 2.90. The van der Waals surface area contributed by atoms with Gasteiger partial charge in [-0.15, -0.1) is 0 Å². The minimum Gasteiger partial charge on any atom is -0.472 e. The summed E-state index contributed by atoms with van der Waals surface area (Å²) in [6, 6.07) is 1.65. The molecular weight excluding hydrogens is 764 g/mol. The van der Waals surface area contributed by atoms with E-state index in [1.807, 2.05) is 13.8 Å². The molecular formula is C41H50O17. The maximum atomic E-state index is 14.4. The van der Waals surface area contributed by atoms with Gasteiger partial charge in [0.05, 0.1) is 37.6 Å². The van der Waals surface area contributed by atoms with Crippen molar-refractivity contribution in [1.29, 1.82) is 0 Å². The molecule has 0 aromatic carbocycles. The summed E-state index contributed by atoms with van der Waals surface area (Å²) in [7, 11) is 1.23. The Kier molecular flexibility index (Phi) is 8.03. The standard InChI is InChI=1S/C41H50O17/c1-10-26(44)52-31-40-25(16-27(45)48-9)33(5,29(51-21(3)42)23-11-14-49-17-23)12-13-38(40)37-19-50-28(46)15-24(37)34(6)18-39(37,57-36(8,56-38)58-40)41(31,55-22(4)43)30(34)53-32(47)35(7)20(2)54-35/h11,14,17,20,24-25,29-31H,10,12-13,15-16,18-19H2,1-9H3/t20-,24+,25-,29-,30?,31?,33+,34-,35+,36?,37+,38+,39?,40+,41?/m1/s1. The predicted octanol–water partition coefficient (Wildman–Crippen LogP) is 3.53. The number of esters is 6. The summed E-state index contributed by atoms with van der Waals surface area (Å²) in [5.41, 5.74) is -12.5. The molecule has 8 aliphatic rings. The lowest BCUT2D eigenvalue weighted by Gasteiger charge is -2.77. The van der Waals surface area contributed by atoms with Gasteiger partial charge in [-0.1, -0.05) is 20.8 Å². The Hall–Kier alpha value is -4.06. The molecule has 3 spiro atoms. The first-order chi connectivity index (χ1) is 27.2. The lowest BCUT2D eigenvalue weighted by Crippen LogP contribution is -2.95. The van der Waals surface area contributed by atoms with Gasteiger partial charge < -0.3 is 51.8 Å². The van der Waals surface area contributed by atoms with Crippen molar-refractivity contribution >= 4 is 35.8 Å². The molecule has 58 heavy (non-hydrogen) atoms. The van der Waals surface area contributed by atoms with Crippen LogP contribution in [-0.2, 0) is 76.1 Å². The summed E-state index contributed by atoms with van der Waals surface area (Å²) in [6.45, 7) is 12.3. The van der Waals surface area contributed by atoms with E-state index in [9.17, 15) is 28.8 Å². The molecule has 4 aliphatic heterocycles. The lowest BCUT2D eigenvalue weighted by molar-refractivity contribution is -0.485. The Morgan fingerprint density at radius 3 is 2.24 bits per heavy atom. The van der Waals surface area contributed by atoms with Gasteiger partial charge in [0.1, 0.15) is 29.5 Å². The zero-order valence-corrected chi connectivity index (χ0v) is 34.1. The topological polar surface area (TPSA) is 211 Å². The van der Waals surface area contributed by atoms with Gasteiger partial charge in [-0.2, -0.15) is 0 Å². The van der Waals surface area contributed by atoms with Crippen molar-refractivity contribution in [3.05, 3.63) is 24.2 Å². The fraction of sp³-hybridized carbons (Fsp3) is 0.756. The maximum Gasteiger partial charge on any atom is 0.341 e. The molecule has 4 aliphatic carbocycles. The molecule has 316 valence electrons. The summed E-state index contributed by atoms with van der Waals surface area (Å²) in [5, 5.41) is 0. The Morgan fingerprint density at radius 2 is 1.64 bits per heavy atom. The van der Waals surface area contributed by atoms with E-state index < -0.39 is 129 Å².